The van der Waals surface area contributed by atoms with Crippen molar-refractivity contribution in [2.24, 2.45) is 5.92 Å². The molecule has 1 aliphatic rings. The van der Waals surface area contributed by atoms with Crippen LogP contribution in [0.1, 0.15) is 33.6 Å². The van der Waals surface area contributed by atoms with Crippen molar-refractivity contribution in [1.29, 1.82) is 0 Å². The molecule has 0 aromatic rings. The number of hydrogen-bond donors (Lipinski definition) is 0. The van der Waals surface area contributed by atoms with E-state index in [1.54, 1.807) is 7.11 Å². The molecule has 1 saturated carbocycles. The molecule has 0 aliphatic heterocycles. The summed E-state index contributed by atoms with van der Waals surface area (Å²) < 4.78 is 5.05. The first kappa shape index (κ1) is 11.5. The van der Waals surface area contributed by atoms with Gasteiger partial charge in [-0.15, -0.1) is 0 Å². The molecule has 1 amide bonds. The van der Waals surface area contributed by atoms with Crippen molar-refractivity contribution in [3.63, 3.8) is 0 Å². The minimum atomic E-state index is -0.309. The molecular formula is C11H21NO2. The Morgan fingerprint density at radius 2 is 2.00 bits per heavy atom. The van der Waals surface area contributed by atoms with Crippen LogP contribution in [-0.2, 0) is 9.53 Å². The highest BCUT2D eigenvalue weighted by Crippen LogP contribution is 2.30. The van der Waals surface area contributed by atoms with Crippen molar-refractivity contribution in [2.75, 3.05) is 13.7 Å². The largest absolute Gasteiger partial charge is 0.372 e. The quantitative estimate of drug-likeness (QED) is 0.674. The maximum absolute atomic E-state index is 11.9. The highest BCUT2D eigenvalue weighted by molar-refractivity contribution is 5.80. The zero-order valence-corrected chi connectivity index (χ0v) is 9.62. The van der Waals surface area contributed by atoms with E-state index in [0.29, 0.717) is 0 Å². The molecule has 1 fully saturated rings. The lowest BCUT2D eigenvalue weighted by atomic mass is 10.2. The maximum atomic E-state index is 11.9. The van der Waals surface area contributed by atoms with Crippen LogP contribution in [0.15, 0.2) is 0 Å². The average molecular weight is 199 g/mol. The Labute approximate surface area is 86.4 Å². The van der Waals surface area contributed by atoms with Gasteiger partial charge in [-0.3, -0.25) is 4.79 Å². The molecule has 0 spiro atoms. The lowest BCUT2D eigenvalue weighted by Gasteiger charge is -2.29. The van der Waals surface area contributed by atoms with E-state index < -0.39 is 0 Å². The third-order valence-corrected chi connectivity index (χ3v) is 2.76. The number of methoxy groups -OCH3 is 1. The van der Waals surface area contributed by atoms with Crippen molar-refractivity contribution >= 4 is 5.91 Å². The summed E-state index contributed by atoms with van der Waals surface area (Å²) in [5.74, 6) is 0.861. The summed E-state index contributed by atoms with van der Waals surface area (Å²) in [6.45, 7) is 6.83. The number of carbonyl (C=O) groups is 1. The monoisotopic (exact) mass is 199 g/mol. The molecule has 1 unspecified atom stereocenters. The van der Waals surface area contributed by atoms with Crippen LogP contribution in [0.4, 0.5) is 0 Å². The maximum Gasteiger partial charge on any atom is 0.251 e. The van der Waals surface area contributed by atoms with Crippen molar-refractivity contribution < 1.29 is 9.53 Å². The summed E-state index contributed by atoms with van der Waals surface area (Å²) in [6.07, 6.45) is 2.24. The summed E-state index contributed by atoms with van der Waals surface area (Å²) in [5.41, 5.74) is 0. The van der Waals surface area contributed by atoms with Gasteiger partial charge in [0, 0.05) is 19.7 Å². The van der Waals surface area contributed by atoms with Gasteiger partial charge >= 0.3 is 0 Å². The summed E-state index contributed by atoms with van der Waals surface area (Å²) in [6, 6.07) is 0.278. The molecule has 0 aromatic heterocycles. The van der Waals surface area contributed by atoms with Crippen LogP contribution in [-0.4, -0.2) is 36.6 Å². The number of rotatable bonds is 5. The molecule has 3 heteroatoms. The van der Waals surface area contributed by atoms with E-state index in [1.807, 2.05) is 11.8 Å². The van der Waals surface area contributed by atoms with Crippen LogP contribution in [0.5, 0.6) is 0 Å². The Morgan fingerprint density at radius 3 is 2.36 bits per heavy atom. The number of carbonyl (C=O) groups excluding carboxylic acids is 1. The third kappa shape index (κ3) is 2.98. The minimum Gasteiger partial charge on any atom is -0.372 e. The molecule has 3 nitrogen and oxygen atoms in total. The van der Waals surface area contributed by atoms with E-state index in [1.165, 1.54) is 12.8 Å². The molecule has 0 radical (unpaired) electrons. The smallest absolute Gasteiger partial charge is 0.251 e. The molecule has 1 rings (SSSR count). The van der Waals surface area contributed by atoms with Gasteiger partial charge in [0.1, 0.15) is 6.10 Å². The normalized spacial score (nSPS) is 18.4. The predicted molar refractivity (Wildman–Crippen MR) is 56.0 cm³/mol. The van der Waals surface area contributed by atoms with Crippen LogP contribution in [0, 0.1) is 5.92 Å². The second-order valence-corrected chi connectivity index (χ2v) is 4.41. The van der Waals surface area contributed by atoms with Gasteiger partial charge < -0.3 is 9.64 Å². The Bertz CT molecular complexity index is 199. The van der Waals surface area contributed by atoms with Gasteiger partial charge in [-0.25, -0.2) is 0 Å². The van der Waals surface area contributed by atoms with E-state index in [2.05, 4.69) is 13.8 Å². The Kier molecular flexibility index (Phi) is 3.93. The van der Waals surface area contributed by atoms with Crippen molar-refractivity contribution in [3.05, 3.63) is 0 Å². The van der Waals surface area contributed by atoms with E-state index in [-0.39, 0.29) is 18.1 Å². The van der Waals surface area contributed by atoms with Gasteiger partial charge in [0.05, 0.1) is 0 Å². The second-order valence-electron chi connectivity index (χ2n) is 4.41. The molecule has 1 aliphatic carbocycles. The standard InChI is InChI=1S/C11H21NO2/c1-8(2)12(7-10-5-6-10)11(13)9(3)14-4/h8-10H,5-7H2,1-4H3. The summed E-state index contributed by atoms with van der Waals surface area (Å²) in [5, 5.41) is 0. The lowest BCUT2D eigenvalue weighted by Crippen LogP contribution is -2.44. The molecule has 0 aromatic carbocycles. The van der Waals surface area contributed by atoms with E-state index in [4.69, 9.17) is 4.74 Å². The SMILES string of the molecule is COC(C)C(=O)N(CC1CC1)C(C)C. The zero-order valence-electron chi connectivity index (χ0n) is 9.62. The van der Waals surface area contributed by atoms with E-state index in [0.717, 1.165) is 12.5 Å². The first-order valence-electron chi connectivity index (χ1n) is 5.39. The fourth-order valence-corrected chi connectivity index (χ4v) is 1.47. The Hall–Kier alpha value is -0.570. The molecular weight excluding hydrogens is 178 g/mol. The van der Waals surface area contributed by atoms with Crippen molar-refractivity contribution in [1.82, 2.24) is 4.90 Å². The van der Waals surface area contributed by atoms with Crippen LogP contribution in [0.25, 0.3) is 0 Å². The van der Waals surface area contributed by atoms with Crippen LogP contribution < -0.4 is 0 Å². The fraction of sp³-hybridized carbons (Fsp3) is 0.909. The molecule has 0 N–H and O–H groups in total. The van der Waals surface area contributed by atoms with Crippen LogP contribution in [0.3, 0.4) is 0 Å². The molecule has 82 valence electrons. The molecule has 0 saturated heterocycles. The number of hydrogen-bond acceptors (Lipinski definition) is 2. The summed E-state index contributed by atoms with van der Waals surface area (Å²) >= 11 is 0. The highest BCUT2D eigenvalue weighted by Gasteiger charge is 2.30. The fourth-order valence-electron chi connectivity index (χ4n) is 1.47. The Balaban J connectivity index is 2.51. The van der Waals surface area contributed by atoms with Crippen LogP contribution in [0.2, 0.25) is 0 Å². The lowest BCUT2D eigenvalue weighted by molar-refractivity contribution is -0.143. The molecule has 14 heavy (non-hydrogen) atoms. The summed E-state index contributed by atoms with van der Waals surface area (Å²) in [4.78, 5) is 13.8. The molecule has 0 heterocycles. The van der Waals surface area contributed by atoms with Crippen molar-refractivity contribution in [2.45, 2.75) is 45.8 Å². The van der Waals surface area contributed by atoms with E-state index in [9.17, 15) is 4.79 Å². The Morgan fingerprint density at radius 1 is 1.43 bits per heavy atom. The van der Waals surface area contributed by atoms with Crippen LogP contribution >= 0.6 is 0 Å². The highest BCUT2D eigenvalue weighted by atomic mass is 16.5. The first-order chi connectivity index (χ1) is 6.56. The second kappa shape index (κ2) is 4.78. The van der Waals surface area contributed by atoms with Gasteiger partial charge in [-0.1, -0.05) is 0 Å². The number of amides is 1. The van der Waals surface area contributed by atoms with E-state index >= 15 is 0 Å². The molecule has 1 atom stereocenters. The van der Waals surface area contributed by atoms with Gasteiger partial charge in [-0.05, 0) is 39.5 Å². The zero-order chi connectivity index (χ0) is 10.7. The van der Waals surface area contributed by atoms with Gasteiger partial charge in [0.15, 0.2) is 0 Å². The first-order valence-corrected chi connectivity index (χ1v) is 5.39. The molecule has 0 bridgehead atoms. The van der Waals surface area contributed by atoms with Gasteiger partial charge in [0.25, 0.3) is 5.91 Å². The summed E-state index contributed by atoms with van der Waals surface area (Å²) in [7, 11) is 1.58. The minimum absolute atomic E-state index is 0.120. The number of ether oxygens (including phenoxy) is 1. The topological polar surface area (TPSA) is 29.5 Å². The predicted octanol–water partition coefficient (Wildman–Crippen LogP) is 1.67. The van der Waals surface area contributed by atoms with Gasteiger partial charge in [-0.2, -0.15) is 0 Å². The van der Waals surface area contributed by atoms with Gasteiger partial charge in [0.2, 0.25) is 0 Å². The third-order valence-electron chi connectivity index (χ3n) is 2.76. The van der Waals surface area contributed by atoms with Crippen molar-refractivity contribution in [3.8, 4) is 0 Å². The number of nitrogens with zero attached hydrogens (tertiary/aromatic N) is 1. The average Bonchev–Trinajstić information content (AvgIpc) is 2.95.